The molecule has 2 N–H and O–H groups in total. The Morgan fingerprint density at radius 1 is 1.50 bits per heavy atom. The van der Waals surface area contributed by atoms with Crippen LogP contribution < -0.4 is 5.32 Å². The lowest BCUT2D eigenvalue weighted by molar-refractivity contribution is -0.0122. The van der Waals surface area contributed by atoms with Crippen molar-refractivity contribution in [1.29, 1.82) is 0 Å². The Morgan fingerprint density at radius 2 is 2.28 bits per heavy atom. The molecular formula is C14H24N2O2. The first-order valence-electron chi connectivity index (χ1n) is 6.84. The molecule has 102 valence electrons. The number of oxazole rings is 1. The van der Waals surface area contributed by atoms with Crippen LogP contribution in [-0.4, -0.2) is 22.2 Å². The maximum absolute atomic E-state index is 10.5. The molecular weight excluding hydrogens is 228 g/mol. The van der Waals surface area contributed by atoms with Gasteiger partial charge in [-0.25, -0.2) is 4.98 Å². The van der Waals surface area contributed by atoms with Gasteiger partial charge in [-0.3, -0.25) is 0 Å². The van der Waals surface area contributed by atoms with E-state index in [1.54, 1.807) is 0 Å². The van der Waals surface area contributed by atoms with E-state index in [1.165, 1.54) is 6.42 Å². The predicted molar refractivity (Wildman–Crippen MR) is 70.3 cm³/mol. The van der Waals surface area contributed by atoms with Crippen LogP contribution in [-0.2, 0) is 6.54 Å². The third-order valence-electron chi connectivity index (χ3n) is 3.87. The fourth-order valence-corrected chi connectivity index (χ4v) is 2.81. The predicted octanol–water partition coefficient (Wildman–Crippen LogP) is 2.32. The Kier molecular flexibility index (Phi) is 4.07. The third kappa shape index (κ3) is 3.33. The number of aryl methyl sites for hydroxylation is 2. The van der Waals surface area contributed by atoms with Crippen molar-refractivity contribution >= 4 is 0 Å². The molecule has 1 aromatic heterocycles. The smallest absolute Gasteiger partial charge is 0.208 e. The van der Waals surface area contributed by atoms with Crippen LogP contribution in [0.5, 0.6) is 0 Å². The highest BCUT2D eigenvalue weighted by atomic mass is 16.4. The van der Waals surface area contributed by atoms with Gasteiger partial charge in [-0.15, -0.1) is 0 Å². The molecule has 4 nitrogen and oxygen atoms in total. The molecule has 1 aliphatic rings. The molecule has 2 atom stereocenters. The van der Waals surface area contributed by atoms with Crippen LogP contribution in [0.3, 0.4) is 0 Å². The Balaban J connectivity index is 1.81. The monoisotopic (exact) mass is 252 g/mol. The molecule has 0 radical (unpaired) electrons. The van der Waals surface area contributed by atoms with Gasteiger partial charge < -0.3 is 14.8 Å². The van der Waals surface area contributed by atoms with Gasteiger partial charge in [0.1, 0.15) is 5.76 Å². The third-order valence-corrected chi connectivity index (χ3v) is 3.87. The van der Waals surface area contributed by atoms with Crippen molar-refractivity contribution in [2.45, 2.75) is 58.6 Å². The molecule has 2 rings (SSSR count). The molecule has 1 heterocycles. The molecule has 0 amide bonds. The van der Waals surface area contributed by atoms with Crippen molar-refractivity contribution in [3.05, 3.63) is 17.3 Å². The number of aromatic nitrogens is 1. The second kappa shape index (κ2) is 5.41. The van der Waals surface area contributed by atoms with E-state index in [9.17, 15) is 5.11 Å². The summed E-state index contributed by atoms with van der Waals surface area (Å²) in [5, 5.41) is 13.7. The maximum Gasteiger partial charge on any atom is 0.208 e. The fraction of sp³-hybridized carbons (Fsp3) is 0.786. The van der Waals surface area contributed by atoms with Gasteiger partial charge in [-0.1, -0.05) is 19.8 Å². The zero-order chi connectivity index (χ0) is 13.2. The number of hydrogen-bond acceptors (Lipinski definition) is 4. The lowest BCUT2D eigenvalue weighted by atomic mass is 9.79. The highest BCUT2D eigenvalue weighted by Crippen LogP contribution is 2.31. The molecule has 1 aromatic rings. The number of rotatable bonds is 4. The molecule has 2 unspecified atom stereocenters. The van der Waals surface area contributed by atoms with E-state index in [0.717, 1.165) is 30.7 Å². The van der Waals surface area contributed by atoms with Crippen LogP contribution in [0.1, 0.15) is 50.0 Å². The van der Waals surface area contributed by atoms with Crippen molar-refractivity contribution in [2.75, 3.05) is 6.54 Å². The number of nitrogens with zero attached hydrogens (tertiary/aromatic N) is 1. The van der Waals surface area contributed by atoms with Gasteiger partial charge in [-0.2, -0.15) is 0 Å². The van der Waals surface area contributed by atoms with Crippen molar-refractivity contribution in [3.8, 4) is 0 Å². The highest BCUT2D eigenvalue weighted by molar-refractivity contribution is 5.05. The lowest BCUT2D eigenvalue weighted by Crippen LogP contribution is -2.43. The van der Waals surface area contributed by atoms with Crippen molar-refractivity contribution in [1.82, 2.24) is 10.3 Å². The standard InChI is InChI=1S/C14H24N2O2/c1-10-5-4-6-14(17,7-10)9-15-8-13-16-11(2)12(3)18-13/h10,15,17H,4-9H2,1-3H3. The van der Waals surface area contributed by atoms with E-state index < -0.39 is 5.60 Å². The molecule has 4 heteroatoms. The minimum absolute atomic E-state index is 0.547. The molecule has 1 fully saturated rings. The number of hydrogen-bond donors (Lipinski definition) is 2. The van der Waals surface area contributed by atoms with E-state index in [2.05, 4.69) is 17.2 Å². The SMILES string of the molecule is Cc1nc(CNCC2(O)CCCC(C)C2)oc1C. The Morgan fingerprint density at radius 3 is 2.89 bits per heavy atom. The van der Waals surface area contributed by atoms with E-state index in [-0.39, 0.29) is 0 Å². The first-order valence-corrected chi connectivity index (χ1v) is 6.84. The molecule has 18 heavy (non-hydrogen) atoms. The van der Waals surface area contributed by atoms with Gasteiger partial charge in [0.15, 0.2) is 0 Å². The summed E-state index contributed by atoms with van der Waals surface area (Å²) < 4.78 is 5.50. The molecule has 0 aliphatic heterocycles. The molecule has 1 saturated carbocycles. The quantitative estimate of drug-likeness (QED) is 0.863. The molecule has 0 spiro atoms. The summed E-state index contributed by atoms with van der Waals surface area (Å²) in [7, 11) is 0. The second-order valence-electron chi connectivity index (χ2n) is 5.78. The topological polar surface area (TPSA) is 58.3 Å². The van der Waals surface area contributed by atoms with Crippen molar-refractivity contribution in [3.63, 3.8) is 0 Å². The largest absolute Gasteiger partial charge is 0.444 e. The Bertz CT molecular complexity index is 383. The van der Waals surface area contributed by atoms with Crippen molar-refractivity contribution < 1.29 is 9.52 Å². The summed E-state index contributed by atoms with van der Waals surface area (Å²) in [6.45, 7) is 7.29. The van der Waals surface area contributed by atoms with Gasteiger partial charge in [0.05, 0.1) is 17.8 Å². The molecule has 1 aliphatic carbocycles. The van der Waals surface area contributed by atoms with Gasteiger partial charge >= 0.3 is 0 Å². The first-order chi connectivity index (χ1) is 8.48. The highest BCUT2D eigenvalue weighted by Gasteiger charge is 2.32. The van der Waals surface area contributed by atoms with Crippen LogP contribution in [0.25, 0.3) is 0 Å². The van der Waals surface area contributed by atoms with E-state index in [4.69, 9.17) is 4.42 Å². The van der Waals surface area contributed by atoms with E-state index in [0.29, 0.717) is 24.9 Å². The van der Waals surface area contributed by atoms with E-state index >= 15 is 0 Å². The summed E-state index contributed by atoms with van der Waals surface area (Å²) in [5.74, 6) is 2.20. The maximum atomic E-state index is 10.5. The average Bonchev–Trinajstić information content (AvgIpc) is 2.57. The zero-order valence-electron chi connectivity index (χ0n) is 11.6. The first kappa shape index (κ1) is 13.6. The summed E-state index contributed by atoms with van der Waals surface area (Å²) in [5.41, 5.74) is 0.394. The van der Waals surface area contributed by atoms with Crippen LogP contribution in [0.4, 0.5) is 0 Å². The Labute approximate surface area is 109 Å². The summed E-state index contributed by atoms with van der Waals surface area (Å²) >= 11 is 0. The summed E-state index contributed by atoms with van der Waals surface area (Å²) in [6, 6.07) is 0. The lowest BCUT2D eigenvalue weighted by Gasteiger charge is -2.35. The summed E-state index contributed by atoms with van der Waals surface area (Å²) in [4.78, 5) is 4.32. The van der Waals surface area contributed by atoms with Gasteiger partial charge in [-0.05, 0) is 32.6 Å². The van der Waals surface area contributed by atoms with Crippen LogP contribution in [0.2, 0.25) is 0 Å². The normalized spacial score (nSPS) is 28.6. The Hall–Kier alpha value is -0.870. The van der Waals surface area contributed by atoms with Crippen molar-refractivity contribution in [2.24, 2.45) is 5.92 Å². The minimum Gasteiger partial charge on any atom is -0.444 e. The molecule has 0 saturated heterocycles. The summed E-state index contributed by atoms with van der Waals surface area (Å²) in [6.07, 6.45) is 4.15. The van der Waals surface area contributed by atoms with Crippen LogP contribution in [0.15, 0.2) is 4.42 Å². The molecule has 0 bridgehead atoms. The average molecular weight is 252 g/mol. The van der Waals surface area contributed by atoms with Gasteiger partial charge in [0, 0.05) is 6.54 Å². The van der Waals surface area contributed by atoms with Crippen LogP contribution in [0, 0.1) is 19.8 Å². The fourth-order valence-electron chi connectivity index (χ4n) is 2.81. The second-order valence-corrected chi connectivity index (χ2v) is 5.78. The zero-order valence-corrected chi connectivity index (χ0v) is 11.6. The van der Waals surface area contributed by atoms with Gasteiger partial charge in [0.25, 0.3) is 0 Å². The van der Waals surface area contributed by atoms with Gasteiger partial charge in [0.2, 0.25) is 5.89 Å². The number of nitrogens with one attached hydrogen (secondary N) is 1. The minimum atomic E-state index is -0.547. The van der Waals surface area contributed by atoms with Crippen LogP contribution >= 0.6 is 0 Å². The molecule has 0 aromatic carbocycles. The van der Waals surface area contributed by atoms with E-state index in [1.807, 2.05) is 13.8 Å². The number of aliphatic hydroxyl groups is 1.